The lowest BCUT2D eigenvalue weighted by atomic mass is 9.98. The lowest BCUT2D eigenvalue weighted by Gasteiger charge is -2.31. The summed E-state index contributed by atoms with van der Waals surface area (Å²) in [5.74, 6) is 0.658. The van der Waals surface area contributed by atoms with Crippen LogP contribution >= 0.6 is 23.7 Å². The van der Waals surface area contributed by atoms with Crippen molar-refractivity contribution in [3.05, 3.63) is 28.6 Å². The Hall–Kier alpha value is -0.880. The van der Waals surface area contributed by atoms with Gasteiger partial charge in [0.1, 0.15) is 0 Å². The van der Waals surface area contributed by atoms with E-state index >= 15 is 0 Å². The summed E-state index contributed by atoms with van der Waals surface area (Å²) in [5.41, 5.74) is 9.49. The molecule has 1 fully saturated rings. The van der Waals surface area contributed by atoms with Crippen molar-refractivity contribution in [3.63, 3.8) is 0 Å². The fourth-order valence-corrected chi connectivity index (χ4v) is 3.46. The average Bonchev–Trinajstić information content (AvgIpc) is 3.09. The maximum absolute atomic E-state index is 5.80. The Balaban J connectivity index is 0.00000147. The summed E-state index contributed by atoms with van der Waals surface area (Å²) in [6.45, 7) is 4.06. The van der Waals surface area contributed by atoms with E-state index in [1.54, 1.807) is 11.3 Å². The summed E-state index contributed by atoms with van der Waals surface area (Å²) in [7, 11) is 0. The number of nitrogens with two attached hydrogens (primary N) is 1. The lowest BCUT2D eigenvalue weighted by molar-refractivity contribution is 0.171. The van der Waals surface area contributed by atoms with Gasteiger partial charge < -0.3 is 5.73 Å². The largest absolute Gasteiger partial charge is 0.330 e. The highest BCUT2D eigenvalue weighted by atomic mass is 35.5. The van der Waals surface area contributed by atoms with Gasteiger partial charge in [-0.15, -0.1) is 12.4 Å². The maximum Gasteiger partial charge on any atom is 0.0703 e. The van der Waals surface area contributed by atoms with Crippen molar-refractivity contribution >= 4 is 23.7 Å². The Labute approximate surface area is 129 Å². The molecule has 6 heteroatoms. The molecular formula is C14H21ClN4S. The SMILES string of the molecule is Cl.NCC1CCCN(Cc2cn[nH]c2-c2ccsc2)C1. The van der Waals surface area contributed by atoms with E-state index < -0.39 is 0 Å². The van der Waals surface area contributed by atoms with E-state index in [2.05, 4.69) is 31.9 Å². The summed E-state index contributed by atoms with van der Waals surface area (Å²) in [6.07, 6.45) is 4.49. The zero-order valence-corrected chi connectivity index (χ0v) is 13.1. The molecule has 0 amide bonds. The molecule has 1 aliphatic heterocycles. The molecule has 4 nitrogen and oxygen atoms in total. The quantitative estimate of drug-likeness (QED) is 0.912. The molecule has 1 unspecified atom stereocenters. The number of H-pyrrole nitrogens is 1. The molecule has 1 aliphatic rings. The van der Waals surface area contributed by atoms with Crippen LogP contribution in [-0.4, -0.2) is 34.7 Å². The van der Waals surface area contributed by atoms with Crippen LogP contribution in [0.4, 0.5) is 0 Å². The molecule has 3 rings (SSSR count). The first kappa shape index (κ1) is 15.5. The third-order valence-electron chi connectivity index (χ3n) is 3.86. The second-order valence-corrected chi connectivity index (χ2v) is 6.04. The van der Waals surface area contributed by atoms with Crippen LogP contribution in [0.5, 0.6) is 0 Å². The molecule has 0 radical (unpaired) electrons. The van der Waals surface area contributed by atoms with Gasteiger partial charge in [0.05, 0.1) is 11.9 Å². The van der Waals surface area contributed by atoms with Gasteiger partial charge in [0.25, 0.3) is 0 Å². The number of halogens is 1. The molecular weight excluding hydrogens is 292 g/mol. The van der Waals surface area contributed by atoms with Crippen molar-refractivity contribution in [1.29, 1.82) is 0 Å². The van der Waals surface area contributed by atoms with Gasteiger partial charge >= 0.3 is 0 Å². The van der Waals surface area contributed by atoms with Crippen LogP contribution < -0.4 is 5.73 Å². The number of thiophene rings is 1. The van der Waals surface area contributed by atoms with Crippen LogP contribution in [-0.2, 0) is 6.54 Å². The highest BCUT2D eigenvalue weighted by molar-refractivity contribution is 7.08. The van der Waals surface area contributed by atoms with Gasteiger partial charge in [-0.2, -0.15) is 16.4 Å². The number of nitrogens with zero attached hydrogens (tertiary/aromatic N) is 2. The van der Waals surface area contributed by atoms with E-state index in [-0.39, 0.29) is 12.4 Å². The second-order valence-electron chi connectivity index (χ2n) is 5.26. The van der Waals surface area contributed by atoms with Crippen molar-refractivity contribution < 1.29 is 0 Å². The number of aromatic amines is 1. The smallest absolute Gasteiger partial charge is 0.0703 e. The summed E-state index contributed by atoms with van der Waals surface area (Å²) in [6, 6.07) is 2.14. The Kier molecular flexibility index (Phi) is 5.60. The van der Waals surface area contributed by atoms with E-state index in [0.717, 1.165) is 25.3 Å². The van der Waals surface area contributed by atoms with Gasteiger partial charge in [-0.3, -0.25) is 10.00 Å². The fraction of sp³-hybridized carbons (Fsp3) is 0.500. The molecule has 0 aliphatic carbocycles. The fourth-order valence-electron chi connectivity index (χ4n) is 2.82. The van der Waals surface area contributed by atoms with Gasteiger partial charge in [-0.1, -0.05) is 0 Å². The van der Waals surface area contributed by atoms with Crippen LogP contribution in [0, 0.1) is 5.92 Å². The molecule has 2 aromatic heterocycles. The summed E-state index contributed by atoms with van der Waals surface area (Å²) in [5, 5.41) is 11.6. The zero-order valence-electron chi connectivity index (χ0n) is 11.4. The summed E-state index contributed by atoms with van der Waals surface area (Å²) < 4.78 is 0. The summed E-state index contributed by atoms with van der Waals surface area (Å²) >= 11 is 1.72. The second kappa shape index (κ2) is 7.22. The van der Waals surface area contributed by atoms with Crippen LogP contribution in [0.1, 0.15) is 18.4 Å². The van der Waals surface area contributed by atoms with Crippen LogP contribution in [0.25, 0.3) is 11.3 Å². The molecule has 2 aromatic rings. The molecule has 0 bridgehead atoms. The minimum Gasteiger partial charge on any atom is -0.330 e. The predicted octanol–water partition coefficient (Wildman–Crippen LogP) is 2.73. The van der Waals surface area contributed by atoms with Crippen LogP contribution in [0.2, 0.25) is 0 Å². The van der Waals surface area contributed by atoms with Crippen molar-refractivity contribution in [3.8, 4) is 11.3 Å². The molecule has 1 atom stereocenters. The molecule has 0 spiro atoms. The first-order chi connectivity index (χ1) is 9.36. The minimum atomic E-state index is 0. The number of piperidine rings is 1. The highest BCUT2D eigenvalue weighted by Gasteiger charge is 2.20. The monoisotopic (exact) mass is 312 g/mol. The first-order valence-corrected chi connectivity index (χ1v) is 7.78. The molecule has 0 saturated carbocycles. The molecule has 20 heavy (non-hydrogen) atoms. The number of likely N-dealkylation sites (tertiary alicyclic amines) is 1. The average molecular weight is 313 g/mol. The normalized spacial score (nSPS) is 19.8. The number of hydrogen-bond donors (Lipinski definition) is 2. The highest BCUT2D eigenvalue weighted by Crippen LogP contribution is 2.26. The number of aromatic nitrogens is 2. The van der Waals surface area contributed by atoms with E-state index in [0.29, 0.717) is 5.92 Å². The van der Waals surface area contributed by atoms with E-state index in [4.69, 9.17) is 5.73 Å². The standard InChI is InChI=1S/C14H20N4S.ClH/c15-6-11-2-1-4-18(8-11)9-13-7-16-17-14(13)12-3-5-19-10-12;/h3,5,7,10-11H,1-2,4,6,8-9,15H2,(H,16,17);1H. The van der Waals surface area contributed by atoms with Gasteiger partial charge in [0.2, 0.25) is 0 Å². The molecule has 110 valence electrons. The van der Waals surface area contributed by atoms with E-state index in [9.17, 15) is 0 Å². The third-order valence-corrected chi connectivity index (χ3v) is 4.54. The Bertz CT molecular complexity index is 511. The van der Waals surface area contributed by atoms with Gasteiger partial charge in [-0.05, 0) is 43.3 Å². The lowest BCUT2D eigenvalue weighted by Crippen LogP contribution is -2.37. The van der Waals surface area contributed by atoms with Gasteiger partial charge in [-0.25, -0.2) is 0 Å². The zero-order chi connectivity index (χ0) is 13.1. The summed E-state index contributed by atoms with van der Waals surface area (Å²) in [4.78, 5) is 2.50. The Morgan fingerprint density at radius 2 is 2.40 bits per heavy atom. The molecule has 0 aromatic carbocycles. The topological polar surface area (TPSA) is 57.9 Å². The van der Waals surface area contributed by atoms with E-state index in [1.807, 2.05) is 6.20 Å². The Morgan fingerprint density at radius 1 is 1.50 bits per heavy atom. The molecule has 1 saturated heterocycles. The van der Waals surface area contributed by atoms with Crippen molar-refractivity contribution in [1.82, 2.24) is 15.1 Å². The van der Waals surface area contributed by atoms with Gasteiger partial charge in [0, 0.05) is 29.6 Å². The predicted molar refractivity (Wildman–Crippen MR) is 86.2 cm³/mol. The number of hydrogen-bond acceptors (Lipinski definition) is 4. The van der Waals surface area contributed by atoms with Crippen molar-refractivity contribution in [2.45, 2.75) is 19.4 Å². The number of nitrogens with one attached hydrogen (secondary N) is 1. The maximum atomic E-state index is 5.80. The molecule has 3 N–H and O–H groups in total. The van der Waals surface area contributed by atoms with Gasteiger partial charge in [0.15, 0.2) is 0 Å². The van der Waals surface area contributed by atoms with Crippen molar-refractivity contribution in [2.24, 2.45) is 11.7 Å². The number of rotatable bonds is 4. The minimum absolute atomic E-state index is 0. The third kappa shape index (κ3) is 3.41. The van der Waals surface area contributed by atoms with Crippen molar-refractivity contribution in [2.75, 3.05) is 19.6 Å². The first-order valence-electron chi connectivity index (χ1n) is 6.84. The van der Waals surface area contributed by atoms with Crippen LogP contribution in [0.15, 0.2) is 23.0 Å². The Morgan fingerprint density at radius 3 is 3.15 bits per heavy atom. The van der Waals surface area contributed by atoms with Crippen LogP contribution in [0.3, 0.4) is 0 Å². The van der Waals surface area contributed by atoms with E-state index in [1.165, 1.54) is 30.5 Å². The molecule has 3 heterocycles.